The summed E-state index contributed by atoms with van der Waals surface area (Å²) in [6, 6.07) is 12.8. The minimum Gasteiger partial charge on any atom is -0.481 e. The van der Waals surface area contributed by atoms with Crippen molar-refractivity contribution in [2.45, 2.75) is 64.3 Å². The van der Waals surface area contributed by atoms with Crippen LogP contribution in [0.25, 0.3) is 0 Å². The molecule has 2 aromatic carbocycles. The second-order valence-electron chi connectivity index (χ2n) is 12.7. The highest BCUT2D eigenvalue weighted by molar-refractivity contribution is 5.99. The second kappa shape index (κ2) is 23.1. The third-order valence-corrected chi connectivity index (χ3v) is 7.85. The van der Waals surface area contributed by atoms with Crippen LogP contribution in [0.5, 0.6) is 0 Å². The fourth-order valence-electron chi connectivity index (χ4n) is 4.81. The molecule has 302 valence electrons. The van der Waals surface area contributed by atoms with Gasteiger partial charge in [-0.3, -0.25) is 43.8 Å². The van der Waals surface area contributed by atoms with Gasteiger partial charge in [0.25, 0.3) is 11.8 Å². The first-order valence-corrected chi connectivity index (χ1v) is 17.3. The standard InChI is InChI=1S/C37H46N6O13/c1-23(2)33(36(54)41-43(21-32(50)51)29(45)16-15-28(44)42(3)19-18-24-10-6-4-7-11-24)40-34(52)26(14-17-30(46)47)38-35(53)27(20-31(48)49)39-37(55)56-22-25-12-8-5-9-13-25/h4-13,15-16,23,26-27,33H,14,17-22H2,1-3H3,(H,38,53)(H,39,55)(H,40,52)(H,41,54)(H,46,47)(H,48,49)(H,50,51)/b16-15+/t26-,27-,33-/m0/s1. The van der Waals surface area contributed by atoms with Gasteiger partial charge < -0.3 is 40.9 Å². The van der Waals surface area contributed by atoms with E-state index in [2.05, 4.69) is 21.4 Å². The Hall–Kier alpha value is -6.79. The summed E-state index contributed by atoms with van der Waals surface area (Å²) in [6.45, 7) is 2.01. The van der Waals surface area contributed by atoms with Crippen LogP contribution < -0.4 is 21.4 Å². The van der Waals surface area contributed by atoms with E-state index in [1.807, 2.05) is 30.3 Å². The number of likely N-dealkylation sites (N-methyl/N-ethyl adjacent to an activating group) is 1. The summed E-state index contributed by atoms with van der Waals surface area (Å²) in [6.07, 6.45) is -1.12. The number of carboxylic acids is 3. The number of carbonyl (C=O) groups is 9. The fraction of sp³-hybridized carbons (Fsp3) is 0.378. The summed E-state index contributed by atoms with van der Waals surface area (Å²) in [7, 11) is 1.50. The number of nitrogens with one attached hydrogen (secondary N) is 4. The molecule has 0 radical (unpaired) electrons. The lowest BCUT2D eigenvalue weighted by Crippen LogP contribution is -2.60. The van der Waals surface area contributed by atoms with Crippen molar-refractivity contribution in [3.8, 4) is 0 Å². The third-order valence-electron chi connectivity index (χ3n) is 7.85. The van der Waals surface area contributed by atoms with E-state index < -0.39 is 103 Å². The number of aliphatic carboxylic acids is 3. The molecule has 19 nitrogen and oxygen atoms in total. The Morgan fingerprint density at radius 3 is 1.82 bits per heavy atom. The average Bonchev–Trinajstić information content (AvgIpc) is 3.15. The molecule has 6 amide bonds. The molecule has 0 aromatic heterocycles. The fourth-order valence-corrected chi connectivity index (χ4v) is 4.81. The summed E-state index contributed by atoms with van der Waals surface area (Å²) in [5, 5.41) is 35.1. The summed E-state index contributed by atoms with van der Waals surface area (Å²) in [5.74, 6) is -10.2. The van der Waals surface area contributed by atoms with Crippen LogP contribution in [0.2, 0.25) is 0 Å². The van der Waals surface area contributed by atoms with Crippen molar-refractivity contribution < 1.29 is 63.2 Å². The SMILES string of the molecule is CC(C)[C@H](NC(=O)[C@H](CCC(=O)O)NC(=O)[C@H](CC(=O)O)NC(=O)OCc1ccccc1)C(=O)NN(CC(=O)O)C(=O)/C=C/C(=O)N(C)CCc1ccccc1. The normalized spacial score (nSPS) is 12.4. The number of alkyl carbamates (subject to hydrolysis) is 1. The van der Waals surface area contributed by atoms with Crippen LogP contribution in [0, 0.1) is 5.92 Å². The predicted octanol–water partition coefficient (Wildman–Crippen LogP) is 0.448. The van der Waals surface area contributed by atoms with Crippen molar-refractivity contribution in [1.29, 1.82) is 0 Å². The maximum Gasteiger partial charge on any atom is 0.408 e. The van der Waals surface area contributed by atoms with Gasteiger partial charge in [-0.15, -0.1) is 0 Å². The highest BCUT2D eigenvalue weighted by Gasteiger charge is 2.33. The molecule has 0 heterocycles. The zero-order valence-electron chi connectivity index (χ0n) is 31.0. The number of hydrogen-bond donors (Lipinski definition) is 7. The highest BCUT2D eigenvalue weighted by Crippen LogP contribution is 2.08. The molecule has 0 spiro atoms. The van der Waals surface area contributed by atoms with Crippen molar-refractivity contribution in [2.75, 3.05) is 20.1 Å². The Morgan fingerprint density at radius 2 is 1.27 bits per heavy atom. The molecular formula is C37H46N6O13. The maximum absolute atomic E-state index is 13.5. The van der Waals surface area contributed by atoms with Crippen molar-refractivity contribution >= 4 is 53.5 Å². The molecule has 2 aromatic rings. The van der Waals surface area contributed by atoms with Gasteiger partial charge in [-0.1, -0.05) is 74.5 Å². The molecule has 3 atom stereocenters. The molecular weight excluding hydrogens is 736 g/mol. The number of amides is 6. The second-order valence-corrected chi connectivity index (χ2v) is 12.7. The number of hydrazine groups is 1. The van der Waals surface area contributed by atoms with Crippen molar-refractivity contribution in [3.63, 3.8) is 0 Å². The average molecular weight is 783 g/mol. The van der Waals surface area contributed by atoms with Gasteiger partial charge >= 0.3 is 24.0 Å². The summed E-state index contributed by atoms with van der Waals surface area (Å²) in [4.78, 5) is 114. The Morgan fingerprint density at radius 1 is 0.696 bits per heavy atom. The summed E-state index contributed by atoms with van der Waals surface area (Å²) >= 11 is 0. The summed E-state index contributed by atoms with van der Waals surface area (Å²) in [5.41, 5.74) is 3.68. The molecule has 0 bridgehead atoms. The first-order chi connectivity index (χ1) is 26.5. The lowest BCUT2D eigenvalue weighted by Gasteiger charge is -2.28. The minimum atomic E-state index is -1.78. The molecule has 0 aliphatic rings. The first kappa shape index (κ1) is 45.4. The molecule has 0 fully saturated rings. The van der Waals surface area contributed by atoms with Gasteiger partial charge in [0.05, 0.1) is 6.42 Å². The maximum atomic E-state index is 13.5. The first-order valence-electron chi connectivity index (χ1n) is 17.3. The zero-order chi connectivity index (χ0) is 41.8. The van der Waals surface area contributed by atoms with Gasteiger partial charge in [0.1, 0.15) is 31.3 Å². The molecule has 0 saturated carbocycles. The van der Waals surface area contributed by atoms with Gasteiger partial charge in [0.2, 0.25) is 17.7 Å². The molecule has 0 aliphatic carbocycles. The van der Waals surface area contributed by atoms with Gasteiger partial charge in [0.15, 0.2) is 0 Å². The van der Waals surface area contributed by atoms with Gasteiger partial charge in [-0.25, -0.2) is 9.80 Å². The Bertz CT molecular complexity index is 1740. The molecule has 0 aliphatic heterocycles. The van der Waals surface area contributed by atoms with Crippen molar-refractivity contribution in [3.05, 3.63) is 83.9 Å². The predicted molar refractivity (Wildman–Crippen MR) is 196 cm³/mol. The largest absolute Gasteiger partial charge is 0.481 e. The van der Waals surface area contributed by atoms with E-state index in [-0.39, 0.29) is 6.61 Å². The molecule has 7 N–H and O–H groups in total. The van der Waals surface area contributed by atoms with E-state index >= 15 is 0 Å². The number of carbonyl (C=O) groups excluding carboxylic acids is 6. The number of nitrogens with zero attached hydrogens (tertiary/aromatic N) is 2. The lowest BCUT2D eigenvalue weighted by molar-refractivity contribution is -0.148. The van der Waals surface area contributed by atoms with Crippen LogP contribution in [0.1, 0.15) is 44.2 Å². The number of rotatable bonds is 21. The summed E-state index contributed by atoms with van der Waals surface area (Å²) < 4.78 is 5.05. The number of ether oxygens (including phenoxy) is 1. The van der Waals surface area contributed by atoms with E-state index in [0.717, 1.165) is 17.7 Å². The quantitative estimate of drug-likeness (QED) is 0.0670. The van der Waals surface area contributed by atoms with Gasteiger partial charge in [-0.05, 0) is 29.9 Å². The topological polar surface area (TPSA) is 278 Å². The van der Waals surface area contributed by atoms with Crippen molar-refractivity contribution in [2.24, 2.45) is 5.92 Å². The van der Waals surface area contributed by atoms with E-state index in [9.17, 15) is 58.5 Å². The van der Waals surface area contributed by atoms with Crippen LogP contribution in [-0.2, 0) is 56.1 Å². The van der Waals surface area contributed by atoms with E-state index in [1.165, 1.54) is 25.8 Å². The molecule has 19 heteroatoms. The Balaban J connectivity index is 2.16. The molecule has 0 saturated heterocycles. The monoisotopic (exact) mass is 782 g/mol. The van der Waals surface area contributed by atoms with E-state index in [0.29, 0.717) is 23.5 Å². The minimum absolute atomic E-state index is 0.215. The smallest absolute Gasteiger partial charge is 0.408 e. The molecule has 56 heavy (non-hydrogen) atoms. The van der Waals surface area contributed by atoms with Crippen LogP contribution >= 0.6 is 0 Å². The van der Waals surface area contributed by atoms with Crippen molar-refractivity contribution in [1.82, 2.24) is 31.3 Å². The third kappa shape index (κ3) is 16.9. The number of hydrogen-bond acceptors (Lipinski definition) is 10. The van der Waals surface area contributed by atoms with Gasteiger partial charge in [-0.2, -0.15) is 0 Å². The van der Waals surface area contributed by atoms with E-state index in [4.69, 9.17) is 4.74 Å². The van der Waals surface area contributed by atoms with Crippen LogP contribution in [-0.4, -0.2) is 117 Å². The zero-order valence-corrected chi connectivity index (χ0v) is 31.0. The van der Waals surface area contributed by atoms with E-state index in [1.54, 1.807) is 30.3 Å². The number of benzene rings is 2. The van der Waals surface area contributed by atoms with Crippen LogP contribution in [0.3, 0.4) is 0 Å². The number of carboxylic acid groups (broad SMARTS) is 3. The Kier molecular flexibility index (Phi) is 18.7. The molecule has 0 unspecified atom stereocenters. The highest BCUT2D eigenvalue weighted by atomic mass is 16.5. The Labute approximate surface area is 322 Å². The van der Waals surface area contributed by atoms with Crippen LogP contribution in [0.15, 0.2) is 72.8 Å². The lowest BCUT2D eigenvalue weighted by atomic mass is 10.0. The van der Waals surface area contributed by atoms with Crippen LogP contribution in [0.4, 0.5) is 4.79 Å². The molecule has 2 rings (SSSR count). The van der Waals surface area contributed by atoms with Gasteiger partial charge in [0, 0.05) is 32.2 Å².